The van der Waals surface area contributed by atoms with Gasteiger partial charge in [0, 0.05) is 17.7 Å². The summed E-state index contributed by atoms with van der Waals surface area (Å²) in [7, 11) is 5.48. The van der Waals surface area contributed by atoms with Gasteiger partial charge >= 0.3 is 0 Å². The highest BCUT2D eigenvalue weighted by Crippen LogP contribution is 2.27. The van der Waals surface area contributed by atoms with Gasteiger partial charge in [-0.25, -0.2) is 4.39 Å². The minimum absolute atomic E-state index is 0.106. The molecule has 2 unspecified atom stereocenters. The van der Waals surface area contributed by atoms with Crippen LogP contribution in [0.1, 0.15) is 35.8 Å². The molecule has 0 saturated heterocycles. The summed E-state index contributed by atoms with van der Waals surface area (Å²) in [6.07, 6.45) is 0. The molecule has 0 aromatic heterocycles. The molecule has 0 aliphatic carbocycles. The number of carbonyl (C=O) groups is 2. The molecule has 0 radical (unpaired) electrons. The predicted molar refractivity (Wildman–Crippen MR) is 115 cm³/mol. The number of para-hydroxylation sites is 1. The number of rotatable bonds is 9. The zero-order valence-electron chi connectivity index (χ0n) is 18.1. The lowest BCUT2D eigenvalue weighted by Crippen LogP contribution is -2.51. The van der Waals surface area contributed by atoms with Crippen molar-refractivity contribution in [2.75, 3.05) is 27.7 Å². The highest BCUT2D eigenvalue weighted by Gasteiger charge is 2.26. The van der Waals surface area contributed by atoms with Crippen LogP contribution in [0.4, 0.5) is 4.39 Å². The Hall–Kier alpha value is -2.93. The molecule has 0 aliphatic rings. The number of amides is 2. The first-order valence-corrected chi connectivity index (χ1v) is 9.88. The molecule has 6 nitrogen and oxygen atoms in total. The summed E-state index contributed by atoms with van der Waals surface area (Å²) in [4.78, 5) is 27.4. The maximum Gasteiger partial charge on any atom is 0.251 e. The van der Waals surface area contributed by atoms with Gasteiger partial charge in [-0.2, -0.15) is 0 Å². The number of carbonyl (C=O) groups excluding carboxylic acids is 2. The first kappa shape index (κ1) is 23.3. The number of benzene rings is 2. The highest BCUT2D eigenvalue weighted by molar-refractivity contribution is 5.97. The molecule has 0 fully saturated rings. The van der Waals surface area contributed by atoms with E-state index in [1.54, 1.807) is 7.11 Å². The van der Waals surface area contributed by atoms with Crippen molar-refractivity contribution in [3.63, 3.8) is 0 Å². The van der Waals surface area contributed by atoms with Crippen molar-refractivity contribution in [2.24, 2.45) is 5.92 Å². The van der Waals surface area contributed by atoms with E-state index in [9.17, 15) is 14.0 Å². The second-order valence-electron chi connectivity index (χ2n) is 7.67. The van der Waals surface area contributed by atoms with E-state index < -0.39 is 17.8 Å². The quantitative estimate of drug-likeness (QED) is 0.661. The average molecular weight is 416 g/mol. The van der Waals surface area contributed by atoms with Gasteiger partial charge in [0.2, 0.25) is 5.91 Å². The average Bonchev–Trinajstić information content (AvgIpc) is 2.72. The summed E-state index contributed by atoms with van der Waals surface area (Å²) < 4.78 is 18.6. The molecule has 2 amide bonds. The first-order chi connectivity index (χ1) is 14.2. The number of hydrogen-bond donors (Lipinski definition) is 2. The van der Waals surface area contributed by atoms with Crippen molar-refractivity contribution in [3.05, 3.63) is 65.5 Å². The molecule has 2 rings (SSSR count). The summed E-state index contributed by atoms with van der Waals surface area (Å²) in [5, 5.41) is 5.71. The minimum atomic E-state index is -0.719. The van der Waals surface area contributed by atoms with E-state index in [1.165, 1.54) is 24.3 Å². The van der Waals surface area contributed by atoms with Crippen LogP contribution in [0.5, 0.6) is 5.75 Å². The van der Waals surface area contributed by atoms with E-state index in [1.807, 2.05) is 57.1 Å². The highest BCUT2D eigenvalue weighted by atomic mass is 19.1. The molecule has 0 saturated carbocycles. The van der Waals surface area contributed by atoms with Crippen LogP contribution in [0, 0.1) is 11.7 Å². The molecular weight excluding hydrogens is 385 g/mol. The molecule has 2 N–H and O–H groups in total. The van der Waals surface area contributed by atoms with Gasteiger partial charge in [0.1, 0.15) is 17.6 Å². The SMILES string of the molecule is COc1ccccc1C(CNC(=O)C(NC(=O)c1ccc(F)cc1)C(C)C)N(C)C. The number of ether oxygens (including phenoxy) is 1. The van der Waals surface area contributed by atoms with Crippen LogP contribution in [0.3, 0.4) is 0 Å². The van der Waals surface area contributed by atoms with Gasteiger partial charge in [0.25, 0.3) is 5.91 Å². The van der Waals surface area contributed by atoms with Gasteiger partial charge in [-0.15, -0.1) is 0 Å². The third-order valence-corrected chi connectivity index (χ3v) is 4.93. The van der Waals surface area contributed by atoms with Gasteiger partial charge in [-0.05, 0) is 50.3 Å². The topological polar surface area (TPSA) is 70.7 Å². The lowest BCUT2D eigenvalue weighted by atomic mass is 10.0. The number of nitrogens with zero attached hydrogens (tertiary/aromatic N) is 1. The minimum Gasteiger partial charge on any atom is -0.496 e. The summed E-state index contributed by atoms with van der Waals surface area (Å²) in [5.41, 5.74) is 1.26. The number of halogens is 1. The Morgan fingerprint density at radius 2 is 1.70 bits per heavy atom. The van der Waals surface area contributed by atoms with Gasteiger partial charge < -0.3 is 20.3 Å². The Bertz CT molecular complexity index is 853. The van der Waals surface area contributed by atoms with E-state index >= 15 is 0 Å². The number of methoxy groups -OCH3 is 1. The van der Waals surface area contributed by atoms with Crippen molar-refractivity contribution in [2.45, 2.75) is 25.9 Å². The molecule has 2 aromatic carbocycles. The van der Waals surface area contributed by atoms with Crippen molar-refractivity contribution in [3.8, 4) is 5.75 Å². The Kier molecular flexibility index (Phi) is 8.35. The molecule has 2 atom stereocenters. The monoisotopic (exact) mass is 415 g/mol. The lowest BCUT2D eigenvalue weighted by Gasteiger charge is -2.28. The van der Waals surface area contributed by atoms with Crippen molar-refractivity contribution >= 4 is 11.8 Å². The van der Waals surface area contributed by atoms with Gasteiger partial charge in [-0.3, -0.25) is 9.59 Å². The van der Waals surface area contributed by atoms with E-state index in [2.05, 4.69) is 10.6 Å². The molecule has 30 heavy (non-hydrogen) atoms. The largest absolute Gasteiger partial charge is 0.496 e. The van der Waals surface area contributed by atoms with E-state index in [4.69, 9.17) is 4.74 Å². The smallest absolute Gasteiger partial charge is 0.251 e. The standard InChI is InChI=1S/C23H30FN3O3/c1-15(2)21(26-22(28)16-10-12-17(24)13-11-16)23(29)25-14-19(27(3)4)18-8-6-7-9-20(18)30-5/h6-13,15,19,21H,14H2,1-5H3,(H,25,29)(H,26,28). The Morgan fingerprint density at radius 1 is 1.07 bits per heavy atom. The van der Waals surface area contributed by atoms with Gasteiger partial charge in [0.15, 0.2) is 0 Å². The fourth-order valence-electron chi connectivity index (χ4n) is 3.18. The summed E-state index contributed by atoms with van der Waals surface area (Å²) >= 11 is 0. The molecule has 0 aliphatic heterocycles. The van der Waals surface area contributed by atoms with Crippen LogP contribution in [0.25, 0.3) is 0 Å². The Labute approximate surface area is 177 Å². The van der Waals surface area contributed by atoms with Crippen LogP contribution in [0.15, 0.2) is 48.5 Å². The zero-order valence-corrected chi connectivity index (χ0v) is 18.1. The van der Waals surface area contributed by atoms with Crippen LogP contribution >= 0.6 is 0 Å². The molecule has 0 heterocycles. The number of nitrogens with one attached hydrogen (secondary N) is 2. The fraction of sp³-hybridized carbons (Fsp3) is 0.391. The Balaban J connectivity index is 2.09. The normalized spacial score (nSPS) is 13.1. The van der Waals surface area contributed by atoms with Crippen LogP contribution in [-0.4, -0.2) is 50.5 Å². The van der Waals surface area contributed by atoms with Crippen LogP contribution in [-0.2, 0) is 4.79 Å². The molecule has 2 aromatic rings. The summed E-state index contributed by atoms with van der Waals surface area (Å²) in [6, 6.07) is 12.1. The summed E-state index contributed by atoms with van der Waals surface area (Å²) in [6.45, 7) is 4.07. The Morgan fingerprint density at radius 3 is 2.27 bits per heavy atom. The van der Waals surface area contributed by atoms with Crippen LogP contribution in [0.2, 0.25) is 0 Å². The third-order valence-electron chi connectivity index (χ3n) is 4.93. The van der Waals surface area contributed by atoms with Gasteiger partial charge in [-0.1, -0.05) is 32.0 Å². The lowest BCUT2D eigenvalue weighted by molar-refractivity contribution is -0.124. The molecule has 0 spiro atoms. The fourth-order valence-corrected chi connectivity index (χ4v) is 3.18. The van der Waals surface area contributed by atoms with E-state index in [-0.39, 0.29) is 17.9 Å². The van der Waals surface area contributed by atoms with Crippen molar-refractivity contribution < 1.29 is 18.7 Å². The predicted octanol–water partition coefficient (Wildman–Crippen LogP) is 3.01. The van der Waals surface area contributed by atoms with Crippen LogP contribution < -0.4 is 15.4 Å². The van der Waals surface area contributed by atoms with Crippen molar-refractivity contribution in [1.29, 1.82) is 0 Å². The molecule has 0 bridgehead atoms. The first-order valence-electron chi connectivity index (χ1n) is 9.88. The third kappa shape index (κ3) is 6.03. The maximum absolute atomic E-state index is 13.1. The van der Waals surface area contributed by atoms with E-state index in [0.29, 0.717) is 12.1 Å². The van der Waals surface area contributed by atoms with E-state index in [0.717, 1.165) is 11.3 Å². The molecule has 162 valence electrons. The number of hydrogen-bond acceptors (Lipinski definition) is 4. The van der Waals surface area contributed by atoms with Crippen molar-refractivity contribution in [1.82, 2.24) is 15.5 Å². The van der Waals surface area contributed by atoms with Gasteiger partial charge in [0.05, 0.1) is 13.2 Å². The number of likely N-dealkylation sites (N-methyl/N-ethyl adjacent to an activating group) is 1. The zero-order chi connectivity index (χ0) is 22.3. The second-order valence-corrected chi connectivity index (χ2v) is 7.67. The molecular formula is C23H30FN3O3. The molecule has 7 heteroatoms. The second kappa shape index (κ2) is 10.7. The summed E-state index contributed by atoms with van der Waals surface area (Å²) in [5.74, 6) is -0.496. The maximum atomic E-state index is 13.1.